The standard InChI is InChI=1S/C19H21ClN2O4S2/c1-2-16-15(12-21)17(18(27-16)19(23)24)14-7-4-3-6-13(14)8-10-22-28(25,26)11-5-9-20/h3-4,6-7,22H,2,5,8-11H2,1H3,(H,23,24). The summed E-state index contributed by atoms with van der Waals surface area (Å²) < 4.78 is 26.4. The smallest absolute Gasteiger partial charge is 0.346 e. The molecule has 0 atom stereocenters. The zero-order valence-electron chi connectivity index (χ0n) is 15.4. The molecule has 0 amide bonds. The fourth-order valence-electron chi connectivity index (χ4n) is 2.89. The quantitative estimate of drug-likeness (QED) is 0.548. The van der Waals surface area contributed by atoms with Crippen LogP contribution in [0.4, 0.5) is 0 Å². The van der Waals surface area contributed by atoms with Gasteiger partial charge in [0, 0.05) is 22.9 Å². The molecule has 0 aliphatic carbocycles. The first-order valence-electron chi connectivity index (χ1n) is 8.75. The van der Waals surface area contributed by atoms with Gasteiger partial charge in [0.1, 0.15) is 10.9 Å². The molecule has 2 rings (SSSR count). The minimum Gasteiger partial charge on any atom is -0.477 e. The molecule has 1 aromatic carbocycles. The largest absolute Gasteiger partial charge is 0.477 e. The molecule has 0 fully saturated rings. The van der Waals surface area contributed by atoms with Crippen LogP contribution < -0.4 is 4.72 Å². The van der Waals surface area contributed by atoms with Gasteiger partial charge in [-0.3, -0.25) is 0 Å². The average Bonchev–Trinajstić information content (AvgIpc) is 3.05. The normalized spacial score (nSPS) is 11.3. The fourth-order valence-corrected chi connectivity index (χ4v) is 5.31. The first-order valence-corrected chi connectivity index (χ1v) is 11.8. The summed E-state index contributed by atoms with van der Waals surface area (Å²) in [6, 6.07) is 9.31. The van der Waals surface area contributed by atoms with E-state index in [4.69, 9.17) is 11.6 Å². The summed E-state index contributed by atoms with van der Waals surface area (Å²) in [5.74, 6) is -0.839. The number of carboxylic acid groups (broad SMARTS) is 1. The van der Waals surface area contributed by atoms with Crippen LogP contribution in [0.15, 0.2) is 24.3 Å². The second-order valence-electron chi connectivity index (χ2n) is 6.04. The van der Waals surface area contributed by atoms with Crippen LogP contribution >= 0.6 is 22.9 Å². The first-order chi connectivity index (χ1) is 13.3. The second kappa shape index (κ2) is 10.0. The predicted octanol–water partition coefficient (Wildman–Crippen LogP) is 3.64. The number of benzene rings is 1. The number of hydrogen-bond donors (Lipinski definition) is 2. The van der Waals surface area contributed by atoms with E-state index in [-0.39, 0.29) is 23.1 Å². The van der Waals surface area contributed by atoms with E-state index < -0.39 is 16.0 Å². The van der Waals surface area contributed by atoms with Crippen molar-refractivity contribution in [2.45, 2.75) is 26.2 Å². The van der Waals surface area contributed by atoms with Crippen LogP contribution in [0, 0.1) is 11.3 Å². The van der Waals surface area contributed by atoms with Crippen LogP contribution in [0.1, 0.15) is 39.0 Å². The molecule has 9 heteroatoms. The maximum absolute atomic E-state index is 11.9. The molecule has 2 N–H and O–H groups in total. The van der Waals surface area contributed by atoms with Crippen molar-refractivity contribution in [1.29, 1.82) is 5.26 Å². The van der Waals surface area contributed by atoms with Crippen LogP contribution in [-0.2, 0) is 22.9 Å². The topological polar surface area (TPSA) is 107 Å². The highest BCUT2D eigenvalue weighted by molar-refractivity contribution is 7.89. The first kappa shape index (κ1) is 22.4. The molecule has 28 heavy (non-hydrogen) atoms. The van der Waals surface area contributed by atoms with Crippen molar-refractivity contribution in [3.63, 3.8) is 0 Å². The maximum atomic E-state index is 11.9. The summed E-state index contributed by atoms with van der Waals surface area (Å²) in [6.07, 6.45) is 1.31. The lowest BCUT2D eigenvalue weighted by Gasteiger charge is -2.11. The average molecular weight is 441 g/mol. The van der Waals surface area contributed by atoms with E-state index in [2.05, 4.69) is 10.8 Å². The molecular formula is C19H21ClN2O4S2. The van der Waals surface area contributed by atoms with Gasteiger partial charge in [-0.05, 0) is 30.4 Å². The number of aryl methyl sites for hydroxylation is 1. The number of nitriles is 1. The van der Waals surface area contributed by atoms with Crippen molar-refractivity contribution < 1.29 is 18.3 Å². The third-order valence-electron chi connectivity index (χ3n) is 4.16. The van der Waals surface area contributed by atoms with Gasteiger partial charge in [0.2, 0.25) is 10.0 Å². The molecule has 0 saturated heterocycles. The Labute approximate surface area is 173 Å². The summed E-state index contributed by atoms with van der Waals surface area (Å²) in [6.45, 7) is 2.06. The van der Waals surface area contributed by atoms with E-state index in [0.29, 0.717) is 36.0 Å². The van der Waals surface area contributed by atoms with Gasteiger partial charge in [-0.2, -0.15) is 5.26 Å². The number of carbonyl (C=O) groups is 1. The van der Waals surface area contributed by atoms with E-state index in [1.54, 1.807) is 18.2 Å². The summed E-state index contributed by atoms with van der Waals surface area (Å²) in [5.41, 5.74) is 2.21. The SMILES string of the molecule is CCc1sc(C(=O)O)c(-c2ccccc2CCNS(=O)(=O)CCCCl)c1C#N. The summed E-state index contributed by atoms with van der Waals surface area (Å²) >= 11 is 6.66. The molecule has 0 spiro atoms. The van der Waals surface area contributed by atoms with Crippen LogP contribution in [0.2, 0.25) is 0 Å². The third kappa shape index (κ3) is 5.32. The van der Waals surface area contributed by atoms with Crippen LogP contribution in [-0.4, -0.2) is 37.7 Å². The molecule has 1 heterocycles. The Morgan fingerprint density at radius 1 is 1.36 bits per heavy atom. The zero-order valence-corrected chi connectivity index (χ0v) is 17.8. The van der Waals surface area contributed by atoms with Crippen molar-refractivity contribution in [3.8, 4) is 17.2 Å². The summed E-state index contributed by atoms with van der Waals surface area (Å²) in [7, 11) is -3.40. The zero-order chi connectivity index (χ0) is 20.7. The van der Waals surface area contributed by atoms with Gasteiger partial charge in [0.05, 0.1) is 11.3 Å². The lowest BCUT2D eigenvalue weighted by molar-refractivity contribution is 0.0703. The monoisotopic (exact) mass is 440 g/mol. The molecule has 0 aliphatic rings. The summed E-state index contributed by atoms with van der Waals surface area (Å²) in [4.78, 5) is 12.6. The molecule has 0 saturated carbocycles. The van der Waals surface area contributed by atoms with Gasteiger partial charge in [-0.25, -0.2) is 17.9 Å². The Balaban J connectivity index is 2.36. The minimum atomic E-state index is -3.40. The van der Waals surface area contributed by atoms with E-state index in [9.17, 15) is 23.6 Å². The van der Waals surface area contributed by atoms with Gasteiger partial charge >= 0.3 is 5.97 Å². The highest BCUT2D eigenvalue weighted by Crippen LogP contribution is 2.38. The van der Waals surface area contributed by atoms with Crippen molar-refractivity contribution >= 4 is 38.9 Å². The number of nitrogens with zero attached hydrogens (tertiary/aromatic N) is 1. The van der Waals surface area contributed by atoms with Crippen LogP contribution in [0.3, 0.4) is 0 Å². The number of hydrogen-bond acceptors (Lipinski definition) is 5. The Kier molecular flexibility index (Phi) is 8.01. The van der Waals surface area contributed by atoms with E-state index in [1.165, 1.54) is 0 Å². The van der Waals surface area contributed by atoms with Crippen molar-refractivity contribution in [3.05, 3.63) is 45.1 Å². The Bertz CT molecular complexity index is 994. The van der Waals surface area contributed by atoms with Crippen molar-refractivity contribution in [1.82, 2.24) is 4.72 Å². The molecule has 150 valence electrons. The molecule has 1 aromatic heterocycles. The van der Waals surface area contributed by atoms with Gasteiger partial charge in [0.25, 0.3) is 0 Å². The molecule has 0 bridgehead atoms. The van der Waals surface area contributed by atoms with E-state index in [0.717, 1.165) is 21.8 Å². The Morgan fingerprint density at radius 3 is 2.68 bits per heavy atom. The number of halogens is 1. The van der Waals surface area contributed by atoms with Crippen LogP contribution in [0.5, 0.6) is 0 Å². The van der Waals surface area contributed by atoms with Gasteiger partial charge in [0.15, 0.2) is 0 Å². The molecular weight excluding hydrogens is 420 g/mol. The number of alkyl halides is 1. The Morgan fingerprint density at radius 2 is 2.07 bits per heavy atom. The molecule has 6 nitrogen and oxygen atoms in total. The number of sulfonamides is 1. The third-order valence-corrected chi connectivity index (χ3v) is 7.22. The number of carboxylic acids is 1. The van der Waals surface area contributed by atoms with Crippen molar-refractivity contribution in [2.75, 3.05) is 18.2 Å². The minimum absolute atomic E-state index is 0.0374. The highest BCUT2D eigenvalue weighted by atomic mass is 35.5. The number of rotatable bonds is 10. The molecule has 0 unspecified atom stereocenters. The molecule has 0 aliphatic heterocycles. The molecule has 2 aromatic rings. The van der Waals surface area contributed by atoms with Gasteiger partial charge < -0.3 is 5.11 Å². The van der Waals surface area contributed by atoms with Crippen LogP contribution in [0.25, 0.3) is 11.1 Å². The van der Waals surface area contributed by atoms with E-state index in [1.807, 2.05) is 13.0 Å². The second-order valence-corrected chi connectivity index (χ2v) is 9.45. The number of nitrogens with one attached hydrogen (secondary N) is 1. The predicted molar refractivity (Wildman–Crippen MR) is 112 cm³/mol. The number of thiophene rings is 1. The lowest BCUT2D eigenvalue weighted by atomic mass is 9.94. The highest BCUT2D eigenvalue weighted by Gasteiger charge is 2.24. The fraction of sp³-hybridized carbons (Fsp3) is 0.368. The summed E-state index contributed by atoms with van der Waals surface area (Å²) in [5, 5.41) is 19.2. The Hall–Kier alpha value is -1.92. The molecule has 0 radical (unpaired) electrons. The van der Waals surface area contributed by atoms with E-state index >= 15 is 0 Å². The van der Waals surface area contributed by atoms with Gasteiger partial charge in [-0.1, -0.05) is 31.2 Å². The number of aromatic carboxylic acids is 1. The van der Waals surface area contributed by atoms with Gasteiger partial charge in [-0.15, -0.1) is 22.9 Å². The van der Waals surface area contributed by atoms with Crippen molar-refractivity contribution in [2.24, 2.45) is 0 Å². The lowest BCUT2D eigenvalue weighted by Crippen LogP contribution is -2.28. The maximum Gasteiger partial charge on any atom is 0.346 e.